The molecular weight excluding hydrogens is 1000 g/mol. The van der Waals surface area contributed by atoms with Gasteiger partial charge >= 0.3 is 0 Å². The quantitative estimate of drug-likeness (QED) is 0.100. The molecule has 0 atom stereocenters. The molecule has 0 aliphatic carbocycles. The summed E-state index contributed by atoms with van der Waals surface area (Å²) in [7, 11) is -1.23. The van der Waals surface area contributed by atoms with E-state index >= 15 is 0 Å². The van der Waals surface area contributed by atoms with Crippen LogP contribution in [-0.2, 0) is 20.1 Å². The van der Waals surface area contributed by atoms with Gasteiger partial charge in [-0.3, -0.25) is 4.98 Å². The topological polar surface area (TPSA) is 30.2 Å². The summed E-state index contributed by atoms with van der Waals surface area (Å²) in [6.45, 7) is 7.00. The predicted molar refractivity (Wildman–Crippen MR) is 278 cm³/mol. The van der Waals surface area contributed by atoms with E-state index in [9.17, 15) is 0 Å². The molecule has 4 heterocycles. The summed E-state index contributed by atoms with van der Waals surface area (Å²) in [4.78, 5) is 9.97. The molecule has 9 aromatic carbocycles. The fourth-order valence-corrected chi connectivity index (χ4v) is 11.8. The Morgan fingerprint density at radius 2 is 1.17 bits per heavy atom. The monoisotopic (exact) mass is 1040 g/mol. The van der Waals surface area contributed by atoms with Crippen molar-refractivity contribution >= 4 is 115 Å². The summed E-state index contributed by atoms with van der Waals surface area (Å²) in [5.74, 6) is 0.911. The minimum atomic E-state index is -1.23. The van der Waals surface area contributed by atoms with Gasteiger partial charge in [0.1, 0.15) is 0 Å². The summed E-state index contributed by atoms with van der Waals surface area (Å²) in [5.41, 5.74) is 6.30. The first-order chi connectivity index (χ1) is 31.4. The molecule has 6 heteroatoms. The number of para-hydroxylation sites is 2. The van der Waals surface area contributed by atoms with E-state index in [0.717, 1.165) is 39.2 Å². The van der Waals surface area contributed by atoms with Gasteiger partial charge in [0.05, 0.1) is 24.9 Å². The molecule has 4 aromatic heterocycles. The van der Waals surface area contributed by atoms with Crippen molar-refractivity contribution in [1.82, 2.24) is 14.4 Å². The fourth-order valence-electron chi connectivity index (χ4n) is 9.51. The third-order valence-electron chi connectivity index (χ3n) is 12.7. The maximum atomic E-state index is 5.45. The van der Waals surface area contributed by atoms with Crippen molar-refractivity contribution < 1.29 is 20.1 Å². The maximum absolute atomic E-state index is 5.45. The summed E-state index contributed by atoms with van der Waals surface area (Å²) < 4.78 is 4.89. The van der Waals surface area contributed by atoms with Crippen LogP contribution < -0.4 is 5.19 Å². The molecule has 65 heavy (non-hydrogen) atoms. The largest absolute Gasteiger partial charge is 0.332 e. The van der Waals surface area contributed by atoms with Gasteiger partial charge in [-0.15, -0.1) is 54.1 Å². The Morgan fingerprint density at radius 3 is 1.89 bits per heavy atom. The van der Waals surface area contributed by atoms with Gasteiger partial charge in [-0.1, -0.05) is 158 Å². The Bertz CT molecular complexity index is 4000. The summed E-state index contributed by atoms with van der Waals surface area (Å²) in [6.07, 6.45) is 2.02. The number of pyridine rings is 1. The van der Waals surface area contributed by atoms with Crippen LogP contribution in [0, 0.1) is 12.1 Å². The van der Waals surface area contributed by atoms with E-state index < -0.39 is 8.07 Å². The molecule has 0 aliphatic heterocycles. The SMILES string of the molecule is C[Si](C)(C)c1ccc(-c2[c-]cccc2)nc1.[Ir].[c-]1ccc2c(sc3cc4c(ccc5ccccc54)cc32)c1-c1nc2cccc3c4ccccc4c4ccccc4c4ccccc4n1c23. The van der Waals surface area contributed by atoms with Crippen LogP contribution in [0.4, 0.5) is 0 Å². The number of aromatic nitrogens is 3. The molecule has 313 valence electrons. The van der Waals surface area contributed by atoms with Crippen LogP contribution in [0.1, 0.15) is 0 Å². The van der Waals surface area contributed by atoms with Gasteiger partial charge < -0.3 is 9.38 Å². The van der Waals surface area contributed by atoms with Crippen molar-refractivity contribution in [3.8, 4) is 22.6 Å². The van der Waals surface area contributed by atoms with E-state index in [1.165, 1.54) is 79.2 Å². The van der Waals surface area contributed by atoms with Gasteiger partial charge in [0.25, 0.3) is 0 Å². The third-order valence-corrected chi connectivity index (χ3v) is 15.9. The average molecular weight is 1040 g/mol. The van der Waals surface area contributed by atoms with Crippen LogP contribution in [0.5, 0.6) is 0 Å². The van der Waals surface area contributed by atoms with Crippen LogP contribution in [0.25, 0.3) is 113 Å². The predicted octanol–water partition coefficient (Wildman–Crippen LogP) is 15.7. The number of imidazole rings is 1. The van der Waals surface area contributed by atoms with Crippen LogP contribution >= 0.6 is 11.3 Å². The van der Waals surface area contributed by atoms with Gasteiger partial charge in [0, 0.05) is 47.3 Å². The first-order valence-electron chi connectivity index (χ1n) is 21.8. The van der Waals surface area contributed by atoms with E-state index in [1.807, 2.05) is 41.8 Å². The number of thiophene rings is 1. The van der Waals surface area contributed by atoms with Crippen molar-refractivity contribution in [1.29, 1.82) is 0 Å². The number of nitrogens with zero attached hydrogens (tertiary/aromatic N) is 3. The van der Waals surface area contributed by atoms with Gasteiger partial charge in [0.2, 0.25) is 0 Å². The molecule has 0 saturated heterocycles. The summed E-state index contributed by atoms with van der Waals surface area (Å²) in [5, 5.41) is 16.3. The molecule has 0 N–H and O–H groups in total. The van der Waals surface area contributed by atoms with E-state index in [0.29, 0.717) is 0 Å². The van der Waals surface area contributed by atoms with Crippen molar-refractivity contribution in [2.45, 2.75) is 19.6 Å². The van der Waals surface area contributed by atoms with Crippen molar-refractivity contribution in [2.24, 2.45) is 0 Å². The van der Waals surface area contributed by atoms with Crippen LogP contribution in [0.3, 0.4) is 0 Å². The van der Waals surface area contributed by atoms with Gasteiger partial charge in [-0.05, 0) is 88.3 Å². The van der Waals surface area contributed by atoms with E-state index in [-0.39, 0.29) is 20.1 Å². The second-order valence-corrected chi connectivity index (χ2v) is 23.7. The van der Waals surface area contributed by atoms with Crippen molar-refractivity contribution in [2.75, 3.05) is 0 Å². The van der Waals surface area contributed by atoms with Crippen molar-refractivity contribution in [3.63, 3.8) is 0 Å². The second-order valence-electron chi connectivity index (χ2n) is 17.6. The van der Waals surface area contributed by atoms with Gasteiger partial charge in [-0.25, -0.2) is 0 Å². The molecule has 3 nitrogen and oxygen atoms in total. The molecule has 13 aromatic rings. The fraction of sp³-hybridized carbons (Fsp3) is 0.0508. The number of hydrogen-bond donors (Lipinski definition) is 0. The summed E-state index contributed by atoms with van der Waals surface area (Å²) in [6, 6.07) is 74.2. The van der Waals surface area contributed by atoms with Gasteiger partial charge in [-0.2, -0.15) is 11.3 Å². The Hall–Kier alpha value is -6.79. The molecule has 0 unspecified atom stereocenters. The van der Waals surface area contributed by atoms with E-state index in [1.54, 1.807) is 0 Å². The molecule has 13 rings (SSSR count). The number of rotatable bonds is 3. The Balaban J connectivity index is 0.000000235. The minimum Gasteiger partial charge on any atom is -0.332 e. The standard InChI is InChI=1S/C45H25N2S.C14H16NSi.Ir/c1-2-12-29-27(11-1)23-24-28-25-39-36-19-9-20-37(44(36)48-42(39)26-38(28)29)45-46-40-21-10-18-35-33-16-6-4-14-31(33)30-13-3-5-15-32(30)34-17-7-8-22-41(34)47(45)43(35)40;1-16(2,3)13-9-10-14(15-11-13)12-7-5-4-6-8-12;/h1-19,21-26H;4-7,9-11H,1-3H3;/q2*-1;. The average Bonchev–Trinajstić information content (AvgIpc) is 3.93. The zero-order valence-electron chi connectivity index (χ0n) is 36.1. The third kappa shape index (κ3) is 6.97. The molecule has 0 aliphatic rings. The zero-order valence-corrected chi connectivity index (χ0v) is 40.3. The zero-order chi connectivity index (χ0) is 42.9. The van der Waals surface area contributed by atoms with Crippen LogP contribution in [-0.4, -0.2) is 22.4 Å². The van der Waals surface area contributed by atoms with Gasteiger partial charge in [0.15, 0.2) is 0 Å². The molecule has 0 bridgehead atoms. The minimum absolute atomic E-state index is 0. The first kappa shape index (κ1) is 40.9. The summed E-state index contributed by atoms with van der Waals surface area (Å²) >= 11 is 1.85. The smallest absolute Gasteiger partial charge is 0.0795 e. The van der Waals surface area contributed by atoms with E-state index in [2.05, 4.69) is 205 Å². The number of fused-ring (bicyclic) bond motifs is 13. The molecule has 1 radical (unpaired) electrons. The molecule has 0 amide bonds. The van der Waals surface area contributed by atoms with Crippen LogP contribution in [0.15, 0.2) is 194 Å². The first-order valence-corrected chi connectivity index (χ1v) is 26.1. The normalized spacial score (nSPS) is 11.8. The van der Waals surface area contributed by atoms with Crippen LogP contribution in [0.2, 0.25) is 19.6 Å². The Labute approximate surface area is 395 Å². The second kappa shape index (κ2) is 16.3. The Morgan fingerprint density at radius 1 is 0.508 bits per heavy atom. The number of hydrogen-bond acceptors (Lipinski definition) is 3. The Kier molecular flexibility index (Phi) is 10.3. The molecule has 0 saturated carbocycles. The maximum Gasteiger partial charge on any atom is 0.0795 e. The number of benzene rings is 9. The van der Waals surface area contributed by atoms with Crippen molar-refractivity contribution in [3.05, 3.63) is 206 Å². The molecular formula is C59H41IrN3SSi-2. The molecule has 0 fully saturated rings. The van der Waals surface area contributed by atoms with E-state index in [4.69, 9.17) is 4.98 Å². The molecule has 0 spiro atoms.